The number of aromatic nitrogens is 1. The zero-order valence-electron chi connectivity index (χ0n) is 13.6. The first-order valence-corrected chi connectivity index (χ1v) is 8.84. The Morgan fingerprint density at radius 3 is 2.73 bits per heavy atom. The SMILES string of the molecule is O=C(O)c1ccc(CN2C(=O)COc3ccc(-c4cscn4)cc32)cc1. The predicted molar refractivity (Wildman–Crippen MR) is 97.6 cm³/mol. The second-order valence-corrected chi connectivity index (χ2v) is 6.55. The molecule has 0 bridgehead atoms. The van der Waals surface area contributed by atoms with Crippen LogP contribution in [0.2, 0.25) is 0 Å². The van der Waals surface area contributed by atoms with Crippen molar-refractivity contribution in [1.29, 1.82) is 0 Å². The van der Waals surface area contributed by atoms with Gasteiger partial charge in [0, 0.05) is 10.9 Å². The zero-order chi connectivity index (χ0) is 18.1. The summed E-state index contributed by atoms with van der Waals surface area (Å²) >= 11 is 1.51. The topological polar surface area (TPSA) is 79.7 Å². The number of amides is 1. The molecule has 1 N–H and O–H groups in total. The average Bonchev–Trinajstić information content (AvgIpc) is 3.19. The first kappa shape index (κ1) is 16.3. The summed E-state index contributed by atoms with van der Waals surface area (Å²) < 4.78 is 5.54. The summed E-state index contributed by atoms with van der Waals surface area (Å²) in [6.45, 7) is 0.325. The van der Waals surface area contributed by atoms with E-state index in [2.05, 4.69) is 4.98 Å². The highest BCUT2D eigenvalue weighted by atomic mass is 32.1. The molecule has 0 saturated heterocycles. The number of carboxylic acids is 1. The van der Waals surface area contributed by atoms with Gasteiger partial charge in [-0.3, -0.25) is 4.79 Å². The predicted octanol–water partition coefficient (Wildman–Crippen LogP) is 3.43. The van der Waals surface area contributed by atoms with Gasteiger partial charge in [-0.25, -0.2) is 9.78 Å². The van der Waals surface area contributed by atoms with Gasteiger partial charge in [0.1, 0.15) is 5.75 Å². The van der Waals surface area contributed by atoms with Crippen LogP contribution >= 0.6 is 11.3 Å². The van der Waals surface area contributed by atoms with E-state index >= 15 is 0 Å². The molecule has 2 aromatic carbocycles. The van der Waals surface area contributed by atoms with Crippen molar-refractivity contribution in [2.75, 3.05) is 11.5 Å². The van der Waals surface area contributed by atoms with Crippen molar-refractivity contribution in [3.63, 3.8) is 0 Å². The Kier molecular flexibility index (Phi) is 4.14. The molecule has 7 heteroatoms. The lowest BCUT2D eigenvalue weighted by atomic mass is 10.1. The van der Waals surface area contributed by atoms with Crippen molar-refractivity contribution >= 4 is 28.9 Å². The molecule has 0 unspecified atom stereocenters. The van der Waals surface area contributed by atoms with E-state index in [0.717, 1.165) is 16.8 Å². The van der Waals surface area contributed by atoms with Gasteiger partial charge in [0.25, 0.3) is 5.91 Å². The van der Waals surface area contributed by atoms with Gasteiger partial charge >= 0.3 is 5.97 Å². The lowest BCUT2D eigenvalue weighted by molar-refractivity contribution is -0.121. The molecule has 1 aromatic heterocycles. The lowest BCUT2D eigenvalue weighted by Crippen LogP contribution is -2.38. The molecule has 1 aliphatic heterocycles. The number of carbonyl (C=O) groups is 2. The normalized spacial score (nSPS) is 13.2. The number of benzene rings is 2. The van der Waals surface area contributed by atoms with Crippen molar-refractivity contribution in [2.24, 2.45) is 0 Å². The number of thiazole rings is 1. The van der Waals surface area contributed by atoms with Crippen LogP contribution in [0.1, 0.15) is 15.9 Å². The van der Waals surface area contributed by atoms with Gasteiger partial charge in [-0.1, -0.05) is 12.1 Å². The van der Waals surface area contributed by atoms with Crippen LogP contribution < -0.4 is 9.64 Å². The largest absolute Gasteiger partial charge is 0.482 e. The third kappa shape index (κ3) is 3.04. The Morgan fingerprint density at radius 2 is 2.04 bits per heavy atom. The molecule has 4 rings (SSSR count). The zero-order valence-corrected chi connectivity index (χ0v) is 14.4. The number of rotatable bonds is 4. The summed E-state index contributed by atoms with van der Waals surface area (Å²) in [7, 11) is 0. The highest BCUT2D eigenvalue weighted by Gasteiger charge is 2.26. The van der Waals surface area contributed by atoms with Crippen LogP contribution in [0, 0.1) is 0 Å². The van der Waals surface area contributed by atoms with Gasteiger partial charge in [-0.15, -0.1) is 11.3 Å². The number of carboxylic acid groups (broad SMARTS) is 1. The maximum atomic E-state index is 12.4. The van der Waals surface area contributed by atoms with Gasteiger partial charge in [0.05, 0.1) is 29.0 Å². The summed E-state index contributed by atoms with van der Waals surface area (Å²) in [4.78, 5) is 29.4. The van der Waals surface area contributed by atoms with Crippen LogP contribution in [0.15, 0.2) is 53.4 Å². The first-order valence-electron chi connectivity index (χ1n) is 7.90. The minimum atomic E-state index is -0.975. The summed E-state index contributed by atoms with van der Waals surface area (Å²) in [5.41, 5.74) is 5.27. The van der Waals surface area contributed by atoms with Crippen LogP contribution in [0.4, 0.5) is 5.69 Å². The molecule has 0 spiro atoms. The van der Waals surface area contributed by atoms with Gasteiger partial charge in [0.2, 0.25) is 0 Å². The third-order valence-electron chi connectivity index (χ3n) is 4.17. The van der Waals surface area contributed by atoms with Crippen LogP contribution in [-0.4, -0.2) is 28.6 Å². The number of carbonyl (C=O) groups excluding carboxylic acids is 1. The van der Waals surface area contributed by atoms with E-state index in [1.54, 1.807) is 22.5 Å². The molecule has 3 aromatic rings. The Labute approximate surface area is 153 Å². The fourth-order valence-corrected chi connectivity index (χ4v) is 3.39. The van der Waals surface area contributed by atoms with E-state index in [9.17, 15) is 9.59 Å². The summed E-state index contributed by atoms with van der Waals surface area (Å²) in [6, 6.07) is 12.2. The summed E-state index contributed by atoms with van der Waals surface area (Å²) in [6.07, 6.45) is 0. The molecule has 0 saturated carbocycles. The molecule has 0 aliphatic carbocycles. The number of ether oxygens (including phenoxy) is 1. The van der Waals surface area contributed by atoms with Crippen LogP contribution in [0.3, 0.4) is 0 Å². The maximum Gasteiger partial charge on any atom is 0.335 e. The van der Waals surface area contributed by atoms with Gasteiger partial charge in [-0.2, -0.15) is 0 Å². The minimum absolute atomic E-state index is 0.0176. The highest BCUT2D eigenvalue weighted by molar-refractivity contribution is 7.07. The first-order chi connectivity index (χ1) is 12.6. The molecule has 130 valence electrons. The van der Waals surface area contributed by atoms with Gasteiger partial charge < -0.3 is 14.7 Å². The summed E-state index contributed by atoms with van der Waals surface area (Å²) in [5.74, 6) is -0.474. The van der Waals surface area contributed by atoms with E-state index in [0.29, 0.717) is 18.0 Å². The molecule has 1 amide bonds. The Bertz CT molecular complexity index is 968. The van der Waals surface area contributed by atoms with Gasteiger partial charge in [0.15, 0.2) is 6.61 Å². The number of hydrogen-bond acceptors (Lipinski definition) is 5. The molecule has 2 heterocycles. The standard InChI is InChI=1S/C19H14N2O4S/c22-18-9-25-17-6-5-14(15-10-26-11-20-15)7-16(17)21(18)8-12-1-3-13(4-2-12)19(23)24/h1-7,10-11H,8-9H2,(H,23,24). The van der Waals surface area contributed by atoms with E-state index in [4.69, 9.17) is 9.84 Å². The van der Waals surface area contributed by atoms with E-state index in [1.807, 2.05) is 23.6 Å². The van der Waals surface area contributed by atoms with Crippen molar-refractivity contribution < 1.29 is 19.4 Å². The van der Waals surface area contributed by atoms with Crippen LogP contribution in [0.5, 0.6) is 5.75 Å². The number of aromatic carboxylic acids is 1. The number of fused-ring (bicyclic) bond motifs is 1. The summed E-state index contributed by atoms with van der Waals surface area (Å²) in [5, 5.41) is 11.0. The Morgan fingerprint density at radius 1 is 1.23 bits per heavy atom. The lowest BCUT2D eigenvalue weighted by Gasteiger charge is -2.30. The third-order valence-corrected chi connectivity index (χ3v) is 4.76. The molecule has 0 atom stereocenters. The second kappa shape index (κ2) is 6.61. The second-order valence-electron chi connectivity index (χ2n) is 5.83. The Hall–Kier alpha value is -3.19. The van der Waals surface area contributed by atoms with Crippen LogP contribution in [0.25, 0.3) is 11.3 Å². The molecule has 1 aliphatic rings. The van der Waals surface area contributed by atoms with Crippen molar-refractivity contribution in [3.05, 3.63) is 64.5 Å². The molecule has 0 radical (unpaired) electrons. The van der Waals surface area contributed by atoms with E-state index in [1.165, 1.54) is 23.5 Å². The minimum Gasteiger partial charge on any atom is -0.482 e. The number of nitrogens with zero attached hydrogens (tertiary/aromatic N) is 2. The molecule has 6 nitrogen and oxygen atoms in total. The van der Waals surface area contributed by atoms with Crippen molar-refractivity contribution in [1.82, 2.24) is 4.98 Å². The fraction of sp³-hybridized carbons (Fsp3) is 0.105. The maximum absolute atomic E-state index is 12.4. The monoisotopic (exact) mass is 366 g/mol. The molecular weight excluding hydrogens is 352 g/mol. The fourth-order valence-electron chi connectivity index (χ4n) is 2.83. The molecule has 0 fully saturated rings. The quantitative estimate of drug-likeness (QED) is 0.765. The smallest absolute Gasteiger partial charge is 0.335 e. The number of hydrogen-bond donors (Lipinski definition) is 1. The van der Waals surface area contributed by atoms with E-state index < -0.39 is 5.97 Å². The van der Waals surface area contributed by atoms with E-state index in [-0.39, 0.29) is 18.1 Å². The molecular formula is C19H14N2O4S. The van der Waals surface area contributed by atoms with Crippen molar-refractivity contribution in [3.8, 4) is 17.0 Å². The average molecular weight is 366 g/mol. The van der Waals surface area contributed by atoms with Gasteiger partial charge in [-0.05, 0) is 35.9 Å². The van der Waals surface area contributed by atoms with Crippen molar-refractivity contribution in [2.45, 2.75) is 6.54 Å². The highest BCUT2D eigenvalue weighted by Crippen LogP contribution is 2.36. The van der Waals surface area contributed by atoms with Crippen LogP contribution in [-0.2, 0) is 11.3 Å². The Balaban J connectivity index is 1.67. The number of anilines is 1. The molecule has 26 heavy (non-hydrogen) atoms.